The Morgan fingerprint density at radius 3 is 2.68 bits per heavy atom. The molecular weight excluding hydrogens is 413 g/mol. The Bertz CT molecular complexity index is 1100. The van der Waals surface area contributed by atoms with E-state index >= 15 is 0 Å². The van der Waals surface area contributed by atoms with Crippen molar-refractivity contribution in [3.05, 3.63) is 41.9 Å². The molecule has 164 valence electrons. The first-order valence-corrected chi connectivity index (χ1v) is 9.83. The summed E-state index contributed by atoms with van der Waals surface area (Å²) >= 11 is 0. The maximum Gasteiger partial charge on any atom is 0.573 e. The van der Waals surface area contributed by atoms with Gasteiger partial charge in [0.1, 0.15) is 23.7 Å². The molecule has 1 N–H and O–H groups in total. The molecule has 0 spiro atoms. The van der Waals surface area contributed by atoms with Gasteiger partial charge in [0.2, 0.25) is 11.6 Å². The van der Waals surface area contributed by atoms with Crippen LogP contribution in [0.2, 0.25) is 0 Å². The molecule has 0 aliphatic carbocycles. The molecule has 1 amide bonds. The fourth-order valence-electron chi connectivity index (χ4n) is 3.77. The lowest BCUT2D eigenvalue weighted by Crippen LogP contribution is -2.41. The summed E-state index contributed by atoms with van der Waals surface area (Å²) < 4.78 is 46.4. The highest BCUT2D eigenvalue weighted by molar-refractivity contribution is 5.94. The summed E-state index contributed by atoms with van der Waals surface area (Å²) in [5.74, 6) is 0.692. The van der Waals surface area contributed by atoms with E-state index in [0.29, 0.717) is 24.4 Å². The summed E-state index contributed by atoms with van der Waals surface area (Å²) in [7, 11) is 0. The highest BCUT2D eigenvalue weighted by Crippen LogP contribution is 2.33. The molecule has 2 aromatic heterocycles. The number of halogens is 3. The molecule has 3 aromatic rings. The maximum atomic E-state index is 12.8. The topological polar surface area (TPSA) is 80.5 Å². The number of nitrogens with zero attached hydrogens (tertiary/aromatic N) is 3. The molecule has 0 saturated carbocycles. The number of nitrogens with one attached hydrogen (secondary N) is 1. The number of aryl methyl sites for hydroxylation is 2. The second-order valence-electron chi connectivity index (χ2n) is 7.51. The number of hydrogen-bond acceptors (Lipinski definition) is 6. The molecule has 7 nitrogen and oxygen atoms in total. The highest BCUT2D eigenvalue weighted by atomic mass is 19.4. The lowest BCUT2D eigenvalue weighted by molar-refractivity contribution is -0.274. The monoisotopic (exact) mass is 434 g/mol. The minimum absolute atomic E-state index is 0.195. The molecule has 1 saturated heterocycles. The van der Waals surface area contributed by atoms with Gasteiger partial charge in [-0.25, -0.2) is 9.97 Å². The lowest BCUT2D eigenvalue weighted by Gasteiger charge is -2.33. The minimum Gasteiger partial charge on any atom is -0.443 e. The number of hydrogen-bond donors (Lipinski definition) is 1. The van der Waals surface area contributed by atoms with E-state index in [1.54, 1.807) is 0 Å². The van der Waals surface area contributed by atoms with Gasteiger partial charge in [-0.05, 0) is 51.0 Å². The normalized spacial score (nSPS) is 17.1. The van der Waals surface area contributed by atoms with Crippen LogP contribution in [0.4, 0.5) is 24.7 Å². The first-order chi connectivity index (χ1) is 14.7. The van der Waals surface area contributed by atoms with Crippen molar-refractivity contribution in [1.82, 2.24) is 9.97 Å². The van der Waals surface area contributed by atoms with Crippen molar-refractivity contribution in [3.8, 4) is 5.75 Å². The van der Waals surface area contributed by atoms with Crippen molar-refractivity contribution in [1.29, 1.82) is 0 Å². The zero-order valence-electron chi connectivity index (χ0n) is 17.0. The van der Waals surface area contributed by atoms with Gasteiger partial charge >= 0.3 is 6.36 Å². The van der Waals surface area contributed by atoms with Crippen molar-refractivity contribution in [2.75, 3.05) is 23.3 Å². The molecule has 1 aliphatic heterocycles. The highest BCUT2D eigenvalue weighted by Gasteiger charge is 2.31. The van der Waals surface area contributed by atoms with Crippen LogP contribution in [0, 0.1) is 19.8 Å². The number of carbonyl (C=O) groups is 1. The minimum atomic E-state index is -4.76. The number of fused-ring (bicyclic) bond motifs is 1. The molecule has 1 aliphatic rings. The lowest BCUT2D eigenvalue weighted by atomic mass is 9.96. The first kappa shape index (κ1) is 21.0. The first-order valence-electron chi connectivity index (χ1n) is 9.83. The Morgan fingerprint density at radius 1 is 1.23 bits per heavy atom. The van der Waals surface area contributed by atoms with Crippen LogP contribution in [0.5, 0.6) is 5.75 Å². The summed E-state index contributed by atoms with van der Waals surface area (Å²) in [5, 5.41) is 3.62. The van der Waals surface area contributed by atoms with Gasteiger partial charge in [-0.2, -0.15) is 0 Å². The SMILES string of the molecule is Cc1oc2ncnc(N3CCCC(C(=O)Nc4ccc(OC(F)(F)F)cc4)C3)c2c1C. The summed E-state index contributed by atoms with van der Waals surface area (Å²) in [6, 6.07) is 5.09. The molecule has 1 aromatic carbocycles. The van der Waals surface area contributed by atoms with E-state index in [9.17, 15) is 18.0 Å². The number of rotatable bonds is 4. The van der Waals surface area contributed by atoms with Crippen LogP contribution < -0.4 is 15.0 Å². The molecular formula is C21H21F3N4O3. The van der Waals surface area contributed by atoms with Gasteiger partial charge in [-0.1, -0.05) is 0 Å². The average molecular weight is 434 g/mol. The number of piperidine rings is 1. The predicted molar refractivity (Wildman–Crippen MR) is 108 cm³/mol. The number of carbonyl (C=O) groups excluding carboxylic acids is 1. The molecule has 1 atom stereocenters. The summed E-state index contributed by atoms with van der Waals surface area (Å²) in [5.41, 5.74) is 1.90. The van der Waals surface area contributed by atoms with Gasteiger partial charge in [-0.3, -0.25) is 4.79 Å². The van der Waals surface area contributed by atoms with Crippen LogP contribution in [0.1, 0.15) is 24.2 Å². The second-order valence-corrected chi connectivity index (χ2v) is 7.51. The van der Waals surface area contributed by atoms with E-state index in [2.05, 4.69) is 24.9 Å². The Hall–Kier alpha value is -3.30. The summed E-state index contributed by atoms with van der Waals surface area (Å²) in [6.07, 6.45) is -1.80. The Morgan fingerprint density at radius 2 is 1.97 bits per heavy atom. The molecule has 1 fully saturated rings. The number of amides is 1. The average Bonchev–Trinajstić information content (AvgIpc) is 3.02. The van der Waals surface area contributed by atoms with Crippen LogP contribution in [-0.2, 0) is 4.79 Å². The van der Waals surface area contributed by atoms with Gasteiger partial charge < -0.3 is 19.4 Å². The Balaban J connectivity index is 1.46. The van der Waals surface area contributed by atoms with Crippen molar-refractivity contribution in [3.63, 3.8) is 0 Å². The van der Waals surface area contributed by atoms with Crippen molar-refractivity contribution < 1.29 is 27.1 Å². The van der Waals surface area contributed by atoms with Crippen molar-refractivity contribution in [2.24, 2.45) is 5.92 Å². The van der Waals surface area contributed by atoms with Crippen molar-refractivity contribution in [2.45, 2.75) is 33.1 Å². The van der Waals surface area contributed by atoms with Crippen LogP contribution in [0.25, 0.3) is 11.1 Å². The summed E-state index contributed by atoms with van der Waals surface area (Å²) in [4.78, 5) is 23.5. The standard InChI is InChI=1S/C21H21F3N4O3/c1-12-13(2)30-20-17(12)18(25-11-26-20)28-9-3-4-14(10-28)19(29)27-15-5-7-16(8-6-15)31-21(22,23)24/h5-8,11,14H,3-4,9-10H2,1-2H3,(H,27,29). The molecule has 4 rings (SSSR count). The molecule has 10 heteroatoms. The molecule has 1 unspecified atom stereocenters. The number of alkyl halides is 3. The Kier molecular flexibility index (Phi) is 5.47. The number of anilines is 2. The largest absolute Gasteiger partial charge is 0.573 e. The van der Waals surface area contributed by atoms with E-state index in [1.807, 2.05) is 13.8 Å². The third-order valence-electron chi connectivity index (χ3n) is 5.39. The number of benzene rings is 1. The fourth-order valence-corrected chi connectivity index (χ4v) is 3.77. The summed E-state index contributed by atoms with van der Waals surface area (Å²) in [6.45, 7) is 5.05. The van der Waals surface area contributed by atoms with Crippen molar-refractivity contribution >= 4 is 28.5 Å². The smallest absolute Gasteiger partial charge is 0.443 e. The zero-order chi connectivity index (χ0) is 22.2. The number of aromatic nitrogens is 2. The number of ether oxygens (including phenoxy) is 1. The second kappa shape index (κ2) is 8.09. The van der Waals surface area contributed by atoms with E-state index in [-0.39, 0.29) is 17.6 Å². The van der Waals surface area contributed by atoms with Gasteiger partial charge in [0.15, 0.2) is 0 Å². The molecule has 3 heterocycles. The molecule has 31 heavy (non-hydrogen) atoms. The fraction of sp³-hybridized carbons (Fsp3) is 0.381. The predicted octanol–water partition coefficient (Wildman–Crippen LogP) is 4.59. The van der Waals surface area contributed by atoms with Gasteiger partial charge in [0, 0.05) is 24.3 Å². The number of furan rings is 1. The van der Waals surface area contributed by atoms with Crippen LogP contribution >= 0.6 is 0 Å². The van der Waals surface area contributed by atoms with Crippen LogP contribution in [-0.4, -0.2) is 35.3 Å². The van der Waals surface area contributed by atoms with E-state index in [1.165, 1.54) is 18.5 Å². The third-order valence-corrected chi connectivity index (χ3v) is 5.39. The Labute approximate surface area is 176 Å². The van der Waals surface area contributed by atoms with E-state index < -0.39 is 6.36 Å². The maximum absolute atomic E-state index is 12.8. The molecule has 0 bridgehead atoms. The van der Waals surface area contributed by atoms with Gasteiger partial charge in [0.25, 0.3) is 0 Å². The quantitative estimate of drug-likeness (QED) is 0.647. The van der Waals surface area contributed by atoms with Crippen LogP contribution in [0.3, 0.4) is 0 Å². The van der Waals surface area contributed by atoms with E-state index in [4.69, 9.17) is 4.42 Å². The van der Waals surface area contributed by atoms with Crippen LogP contribution in [0.15, 0.2) is 35.0 Å². The van der Waals surface area contributed by atoms with Gasteiger partial charge in [0.05, 0.1) is 11.3 Å². The molecule has 0 radical (unpaired) electrons. The zero-order valence-corrected chi connectivity index (χ0v) is 17.0. The van der Waals surface area contributed by atoms with E-state index in [0.717, 1.165) is 47.6 Å². The van der Waals surface area contributed by atoms with Gasteiger partial charge in [-0.15, -0.1) is 13.2 Å². The third kappa shape index (κ3) is 4.57.